The molecule has 14 heavy (non-hydrogen) atoms. The molecule has 0 aliphatic heterocycles. The van der Waals surface area contributed by atoms with Crippen LogP contribution < -0.4 is 5.32 Å². The Morgan fingerprint density at radius 1 is 1.14 bits per heavy atom. The lowest BCUT2D eigenvalue weighted by atomic mass is 10.0. The Kier molecular flexibility index (Phi) is 10.1. The fourth-order valence-corrected chi connectivity index (χ4v) is 2.34. The minimum Gasteiger partial charge on any atom is -0.314 e. The second-order valence-corrected chi connectivity index (χ2v) is 5.60. The summed E-state index contributed by atoms with van der Waals surface area (Å²) in [5, 5.41) is 3.55. The van der Waals surface area contributed by atoms with Crippen LogP contribution in [0.1, 0.15) is 47.0 Å². The van der Waals surface area contributed by atoms with E-state index in [-0.39, 0.29) is 0 Å². The van der Waals surface area contributed by atoms with Crippen molar-refractivity contribution in [2.24, 2.45) is 5.92 Å². The van der Waals surface area contributed by atoms with Crippen molar-refractivity contribution in [2.75, 3.05) is 18.1 Å². The molecule has 0 spiro atoms. The molecule has 0 heterocycles. The van der Waals surface area contributed by atoms with Crippen molar-refractivity contribution in [2.45, 2.75) is 53.0 Å². The van der Waals surface area contributed by atoms with Gasteiger partial charge < -0.3 is 5.32 Å². The standard InChI is InChI=1S/C12H27NS/c1-5-7-12(8-9-14-6-2)10-13-11(3)4/h11-13H,5-10H2,1-4H3. The van der Waals surface area contributed by atoms with Gasteiger partial charge in [-0.15, -0.1) is 0 Å². The van der Waals surface area contributed by atoms with Crippen molar-refractivity contribution < 1.29 is 0 Å². The fraction of sp³-hybridized carbons (Fsp3) is 1.00. The highest BCUT2D eigenvalue weighted by molar-refractivity contribution is 7.99. The van der Waals surface area contributed by atoms with E-state index in [1.165, 1.54) is 37.3 Å². The first kappa shape index (κ1) is 14.3. The van der Waals surface area contributed by atoms with Gasteiger partial charge in [-0.25, -0.2) is 0 Å². The Labute approximate surface area is 94.4 Å². The molecule has 1 atom stereocenters. The molecule has 0 aliphatic rings. The zero-order chi connectivity index (χ0) is 10.8. The van der Waals surface area contributed by atoms with Gasteiger partial charge in [0.05, 0.1) is 0 Å². The number of rotatable bonds is 9. The van der Waals surface area contributed by atoms with Gasteiger partial charge in [0.2, 0.25) is 0 Å². The summed E-state index contributed by atoms with van der Waals surface area (Å²) < 4.78 is 0. The summed E-state index contributed by atoms with van der Waals surface area (Å²) in [6.45, 7) is 10.2. The normalized spacial score (nSPS) is 13.5. The molecule has 2 heteroatoms. The van der Waals surface area contributed by atoms with E-state index in [9.17, 15) is 0 Å². The van der Waals surface area contributed by atoms with Crippen LogP contribution in [-0.2, 0) is 0 Å². The van der Waals surface area contributed by atoms with Gasteiger partial charge in [-0.1, -0.05) is 34.1 Å². The monoisotopic (exact) mass is 217 g/mol. The maximum Gasteiger partial charge on any atom is 0.00104 e. The minimum atomic E-state index is 0.633. The van der Waals surface area contributed by atoms with Crippen LogP contribution >= 0.6 is 11.8 Å². The maximum absolute atomic E-state index is 3.55. The quantitative estimate of drug-likeness (QED) is 0.593. The first-order chi connectivity index (χ1) is 6.70. The Balaban J connectivity index is 3.54. The van der Waals surface area contributed by atoms with Crippen LogP contribution in [0.25, 0.3) is 0 Å². The second-order valence-electron chi connectivity index (χ2n) is 4.20. The summed E-state index contributed by atoms with van der Waals surface area (Å²) >= 11 is 2.07. The lowest BCUT2D eigenvalue weighted by molar-refractivity contribution is 0.413. The highest BCUT2D eigenvalue weighted by Gasteiger charge is 2.07. The zero-order valence-corrected chi connectivity index (χ0v) is 11.1. The molecule has 86 valence electrons. The zero-order valence-electron chi connectivity index (χ0n) is 10.3. The van der Waals surface area contributed by atoms with Crippen molar-refractivity contribution in [1.82, 2.24) is 5.32 Å². The summed E-state index contributed by atoms with van der Waals surface area (Å²) in [5.74, 6) is 3.48. The van der Waals surface area contributed by atoms with E-state index < -0.39 is 0 Å². The summed E-state index contributed by atoms with van der Waals surface area (Å²) in [5.41, 5.74) is 0. The summed E-state index contributed by atoms with van der Waals surface area (Å²) in [6, 6.07) is 0.633. The number of hydrogen-bond donors (Lipinski definition) is 1. The molecular formula is C12H27NS. The molecule has 0 aromatic rings. The topological polar surface area (TPSA) is 12.0 Å². The van der Waals surface area contributed by atoms with Gasteiger partial charge in [0.15, 0.2) is 0 Å². The number of thioether (sulfide) groups is 1. The highest BCUT2D eigenvalue weighted by atomic mass is 32.2. The van der Waals surface area contributed by atoms with Crippen molar-refractivity contribution in [3.63, 3.8) is 0 Å². The SMILES string of the molecule is CCCC(CCSCC)CNC(C)C. The molecule has 0 aliphatic carbocycles. The molecule has 1 N–H and O–H groups in total. The Morgan fingerprint density at radius 3 is 2.36 bits per heavy atom. The largest absolute Gasteiger partial charge is 0.314 e. The number of hydrogen-bond acceptors (Lipinski definition) is 2. The van der Waals surface area contributed by atoms with Crippen molar-refractivity contribution in [3.8, 4) is 0 Å². The van der Waals surface area contributed by atoms with Crippen LogP contribution in [0.3, 0.4) is 0 Å². The van der Waals surface area contributed by atoms with E-state index in [1.807, 2.05) is 0 Å². The Hall–Kier alpha value is 0.310. The summed E-state index contributed by atoms with van der Waals surface area (Å²) in [7, 11) is 0. The predicted molar refractivity (Wildman–Crippen MR) is 69.2 cm³/mol. The average Bonchev–Trinajstić information content (AvgIpc) is 2.14. The highest BCUT2D eigenvalue weighted by Crippen LogP contribution is 2.14. The van der Waals surface area contributed by atoms with Gasteiger partial charge in [0.25, 0.3) is 0 Å². The van der Waals surface area contributed by atoms with E-state index in [2.05, 4.69) is 44.8 Å². The predicted octanol–water partition coefficient (Wildman–Crippen LogP) is 3.54. The third kappa shape index (κ3) is 8.89. The van der Waals surface area contributed by atoms with E-state index in [0.717, 1.165) is 5.92 Å². The third-order valence-corrected chi connectivity index (χ3v) is 3.32. The molecular weight excluding hydrogens is 190 g/mol. The maximum atomic E-state index is 3.55. The summed E-state index contributed by atoms with van der Waals surface area (Å²) in [4.78, 5) is 0. The molecule has 1 nitrogen and oxygen atoms in total. The van der Waals surface area contributed by atoms with Crippen LogP contribution in [0.5, 0.6) is 0 Å². The van der Waals surface area contributed by atoms with Gasteiger partial charge >= 0.3 is 0 Å². The van der Waals surface area contributed by atoms with Crippen molar-refractivity contribution in [3.05, 3.63) is 0 Å². The molecule has 0 bridgehead atoms. The van der Waals surface area contributed by atoms with E-state index in [1.54, 1.807) is 0 Å². The fourth-order valence-electron chi connectivity index (χ4n) is 1.55. The third-order valence-electron chi connectivity index (χ3n) is 2.39. The first-order valence-corrected chi connectivity index (χ1v) is 7.17. The Bertz CT molecular complexity index is 115. The number of nitrogens with one attached hydrogen (secondary N) is 1. The van der Waals surface area contributed by atoms with Crippen LogP contribution in [0.4, 0.5) is 0 Å². The van der Waals surface area contributed by atoms with Gasteiger partial charge in [-0.3, -0.25) is 0 Å². The molecule has 0 fully saturated rings. The van der Waals surface area contributed by atoms with Gasteiger partial charge in [-0.05, 0) is 36.8 Å². The van der Waals surface area contributed by atoms with E-state index >= 15 is 0 Å². The lowest BCUT2D eigenvalue weighted by Gasteiger charge is -2.18. The molecule has 0 radical (unpaired) electrons. The molecule has 0 amide bonds. The minimum absolute atomic E-state index is 0.633. The van der Waals surface area contributed by atoms with E-state index in [4.69, 9.17) is 0 Å². The van der Waals surface area contributed by atoms with E-state index in [0.29, 0.717) is 6.04 Å². The van der Waals surface area contributed by atoms with Crippen LogP contribution in [-0.4, -0.2) is 24.1 Å². The average molecular weight is 217 g/mol. The smallest absolute Gasteiger partial charge is 0.00104 e. The van der Waals surface area contributed by atoms with Gasteiger partial charge in [0, 0.05) is 6.04 Å². The van der Waals surface area contributed by atoms with Gasteiger partial charge in [-0.2, -0.15) is 11.8 Å². The Morgan fingerprint density at radius 2 is 1.86 bits per heavy atom. The molecule has 0 aromatic carbocycles. The molecule has 0 rings (SSSR count). The molecule has 0 aromatic heterocycles. The first-order valence-electron chi connectivity index (χ1n) is 6.01. The second kappa shape index (κ2) is 9.85. The van der Waals surface area contributed by atoms with Crippen LogP contribution in [0.2, 0.25) is 0 Å². The van der Waals surface area contributed by atoms with Gasteiger partial charge in [0.1, 0.15) is 0 Å². The van der Waals surface area contributed by atoms with Crippen molar-refractivity contribution >= 4 is 11.8 Å². The molecule has 1 unspecified atom stereocenters. The molecule has 0 saturated heterocycles. The molecule has 0 saturated carbocycles. The van der Waals surface area contributed by atoms with Crippen molar-refractivity contribution in [1.29, 1.82) is 0 Å². The lowest BCUT2D eigenvalue weighted by Crippen LogP contribution is -2.29. The summed E-state index contributed by atoms with van der Waals surface area (Å²) in [6.07, 6.45) is 4.08. The van der Waals surface area contributed by atoms with Crippen LogP contribution in [0, 0.1) is 5.92 Å². The van der Waals surface area contributed by atoms with Crippen LogP contribution in [0.15, 0.2) is 0 Å².